The van der Waals surface area contributed by atoms with Crippen LogP contribution in [0.4, 0.5) is 5.69 Å². The van der Waals surface area contributed by atoms with Crippen molar-refractivity contribution in [3.8, 4) is 0 Å². The second kappa shape index (κ2) is 6.24. The average molecular weight is 309 g/mol. The van der Waals surface area contributed by atoms with Gasteiger partial charge in [-0.25, -0.2) is 0 Å². The molecule has 1 amide bonds. The lowest BCUT2D eigenvalue weighted by molar-refractivity contribution is -0.138. The summed E-state index contributed by atoms with van der Waals surface area (Å²) in [5.74, 6) is -1.64. The summed E-state index contributed by atoms with van der Waals surface area (Å²) >= 11 is 0. The van der Waals surface area contributed by atoms with E-state index in [4.69, 9.17) is 5.11 Å². The van der Waals surface area contributed by atoms with Crippen LogP contribution in [0, 0.1) is 0 Å². The standard InChI is InChI=1S/C19H19NO3/c1-12(19(22)23)14-6-4-7-15(11-14)20-18(21)17-10-9-13-5-2-3-8-16(13)17/h2-8,11-12,17H,9-10H2,1H3,(H,20,21)(H,22,23). The van der Waals surface area contributed by atoms with Gasteiger partial charge in [0.15, 0.2) is 0 Å². The van der Waals surface area contributed by atoms with Gasteiger partial charge in [0, 0.05) is 5.69 Å². The van der Waals surface area contributed by atoms with Crippen LogP contribution in [0.2, 0.25) is 0 Å². The minimum Gasteiger partial charge on any atom is -0.481 e. The van der Waals surface area contributed by atoms with Gasteiger partial charge in [0.1, 0.15) is 0 Å². The van der Waals surface area contributed by atoms with Crippen LogP contribution < -0.4 is 5.32 Å². The predicted molar refractivity (Wildman–Crippen MR) is 88.6 cm³/mol. The van der Waals surface area contributed by atoms with Crippen LogP contribution in [0.15, 0.2) is 48.5 Å². The first-order valence-corrected chi connectivity index (χ1v) is 7.77. The van der Waals surface area contributed by atoms with Crippen molar-refractivity contribution in [1.82, 2.24) is 0 Å². The number of hydrogen-bond donors (Lipinski definition) is 2. The Hall–Kier alpha value is -2.62. The Morgan fingerprint density at radius 2 is 1.96 bits per heavy atom. The van der Waals surface area contributed by atoms with E-state index < -0.39 is 11.9 Å². The van der Waals surface area contributed by atoms with E-state index in [2.05, 4.69) is 11.4 Å². The molecule has 0 heterocycles. The van der Waals surface area contributed by atoms with E-state index in [1.807, 2.05) is 18.2 Å². The van der Waals surface area contributed by atoms with Crippen LogP contribution >= 0.6 is 0 Å². The highest BCUT2D eigenvalue weighted by Gasteiger charge is 2.28. The monoisotopic (exact) mass is 309 g/mol. The summed E-state index contributed by atoms with van der Waals surface area (Å²) in [5, 5.41) is 12.0. The molecule has 4 nitrogen and oxygen atoms in total. The fraction of sp³-hybridized carbons (Fsp3) is 0.263. The highest BCUT2D eigenvalue weighted by Crippen LogP contribution is 2.33. The molecule has 2 atom stereocenters. The molecule has 2 N–H and O–H groups in total. The van der Waals surface area contributed by atoms with Gasteiger partial charge in [-0.1, -0.05) is 36.4 Å². The van der Waals surface area contributed by atoms with Crippen molar-refractivity contribution in [2.75, 3.05) is 5.32 Å². The number of aryl methyl sites for hydroxylation is 1. The summed E-state index contributed by atoms with van der Waals surface area (Å²) in [6.45, 7) is 1.64. The summed E-state index contributed by atoms with van der Waals surface area (Å²) in [6.07, 6.45) is 1.74. The van der Waals surface area contributed by atoms with Crippen LogP contribution in [0.5, 0.6) is 0 Å². The molecule has 0 spiro atoms. The summed E-state index contributed by atoms with van der Waals surface area (Å²) in [7, 11) is 0. The molecule has 0 saturated carbocycles. The lowest BCUT2D eigenvalue weighted by atomic mass is 9.99. The first kappa shape index (κ1) is 15.3. The quantitative estimate of drug-likeness (QED) is 0.907. The van der Waals surface area contributed by atoms with Crippen molar-refractivity contribution < 1.29 is 14.7 Å². The Labute approximate surface area is 135 Å². The van der Waals surface area contributed by atoms with Gasteiger partial charge in [0.25, 0.3) is 0 Å². The predicted octanol–water partition coefficient (Wildman–Crippen LogP) is 3.54. The maximum Gasteiger partial charge on any atom is 0.310 e. The molecule has 1 aliphatic carbocycles. The molecule has 2 unspecified atom stereocenters. The molecule has 3 rings (SSSR count). The number of nitrogens with one attached hydrogen (secondary N) is 1. The Kier molecular flexibility index (Phi) is 4.15. The van der Waals surface area contributed by atoms with E-state index in [0.29, 0.717) is 11.3 Å². The topological polar surface area (TPSA) is 66.4 Å². The number of anilines is 1. The van der Waals surface area contributed by atoms with E-state index in [1.165, 1.54) is 5.56 Å². The van der Waals surface area contributed by atoms with Crippen molar-refractivity contribution >= 4 is 17.6 Å². The lowest BCUT2D eigenvalue weighted by Gasteiger charge is -2.14. The fourth-order valence-corrected chi connectivity index (χ4v) is 3.09. The number of carbonyl (C=O) groups is 2. The normalized spacial score (nSPS) is 17.3. The summed E-state index contributed by atoms with van der Waals surface area (Å²) < 4.78 is 0. The largest absolute Gasteiger partial charge is 0.481 e. The molecule has 118 valence electrons. The number of rotatable bonds is 4. The molecular formula is C19H19NO3. The highest BCUT2D eigenvalue weighted by atomic mass is 16.4. The molecule has 2 aromatic rings. The fourth-order valence-electron chi connectivity index (χ4n) is 3.09. The number of hydrogen-bond acceptors (Lipinski definition) is 2. The molecule has 0 aromatic heterocycles. The van der Waals surface area contributed by atoms with Gasteiger partial charge >= 0.3 is 5.97 Å². The number of amides is 1. The Balaban J connectivity index is 1.77. The van der Waals surface area contributed by atoms with Crippen molar-refractivity contribution in [3.05, 3.63) is 65.2 Å². The van der Waals surface area contributed by atoms with E-state index in [-0.39, 0.29) is 11.8 Å². The van der Waals surface area contributed by atoms with Crippen molar-refractivity contribution in [2.24, 2.45) is 0 Å². The van der Waals surface area contributed by atoms with Gasteiger partial charge in [0.05, 0.1) is 11.8 Å². The molecule has 0 aliphatic heterocycles. The van der Waals surface area contributed by atoms with Crippen LogP contribution in [0.25, 0.3) is 0 Å². The Bertz CT molecular complexity index is 754. The lowest BCUT2D eigenvalue weighted by Crippen LogP contribution is -2.19. The van der Waals surface area contributed by atoms with Crippen LogP contribution in [-0.4, -0.2) is 17.0 Å². The van der Waals surface area contributed by atoms with Gasteiger partial charge in [-0.2, -0.15) is 0 Å². The van der Waals surface area contributed by atoms with Crippen molar-refractivity contribution in [1.29, 1.82) is 0 Å². The second-order valence-electron chi connectivity index (χ2n) is 5.96. The second-order valence-corrected chi connectivity index (χ2v) is 5.96. The van der Waals surface area contributed by atoms with Gasteiger partial charge in [-0.3, -0.25) is 9.59 Å². The average Bonchev–Trinajstić information content (AvgIpc) is 2.98. The third kappa shape index (κ3) is 3.11. The Morgan fingerprint density at radius 3 is 2.74 bits per heavy atom. The van der Waals surface area contributed by atoms with Gasteiger partial charge < -0.3 is 10.4 Å². The number of benzene rings is 2. The smallest absolute Gasteiger partial charge is 0.310 e. The number of carboxylic acids is 1. The molecule has 0 bridgehead atoms. The van der Waals surface area contributed by atoms with E-state index >= 15 is 0 Å². The van der Waals surface area contributed by atoms with Crippen molar-refractivity contribution in [3.63, 3.8) is 0 Å². The van der Waals surface area contributed by atoms with E-state index in [9.17, 15) is 9.59 Å². The molecular weight excluding hydrogens is 290 g/mol. The highest BCUT2D eigenvalue weighted by molar-refractivity contribution is 5.96. The molecule has 4 heteroatoms. The number of carbonyl (C=O) groups excluding carboxylic acids is 1. The minimum atomic E-state index is -0.877. The Morgan fingerprint density at radius 1 is 1.17 bits per heavy atom. The molecule has 0 radical (unpaired) electrons. The molecule has 0 saturated heterocycles. The third-order valence-corrected chi connectivity index (χ3v) is 4.47. The number of aliphatic carboxylic acids is 1. The first-order chi connectivity index (χ1) is 11.1. The molecule has 23 heavy (non-hydrogen) atoms. The zero-order chi connectivity index (χ0) is 16.4. The summed E-state index contributed by atoms with van der Waals surface area (Å²) in [6, 6.07) is 15.1. The minimum absolute atomic E-state index is 0.0323. The molecule has 2 aromatic carbocycles. The third-order valence-electron chi connectivity index (χ3n) is 4.47. The van der Waals surface area contributed by atoms with Crippen LogP contribution in [0.1, 0.15) is 41.9 Å². The maximum absolute atomic E-state index is 12.6. The first-order valence-electron chi connectivity index (χ1n) is 7.77. The van der Waals surface area contributed by atoms with Crippen LogP contribution in [0.3, 0.4) is 0 Å². The zero-order valence-electron chi connectivity index (χ0n) is 13.0. The SMILES string of the molecule is CC(C(=O)O)c1cccc(NC(=O)C2CCc3ccccc32)c1. The molecule has 1 aliphatic rings. The van der Waals surface area contributed by atoms with Crippen molar-refractivity contribution in [2.45, 2.75) is 31.6 Å². The maximum atomic E-state index is 12.6. The zero-order valence-corrected chi connectivity index (χ0v) is 13.0. The van der Waals surface area contributed by atoms with E-state index in [1.54, 1.807) is 31.2 Å². The number of fused-ring (bicyclic) bond motifs is 1. The summed E-state index contributed by atoms with van der Waals surface area (Å²) in [4.78, 5) is 23.7. The molecule has 0 fully saturated rings. The van der Waals surface area contributed by atoms with Gasteiger partial charge in [-0.15, -0.1) is 0 Å². The van der Waals surface area contributed by atoms with E-state index in [0.717, 1.165) is 18.4 Å². The number of carboxylic acid groups (broad SMARTS) is 1. The van der Waals surface area contributed by atoms with Gasteiger partial charge in [0.2, 0.25) is 5.91 Å². The van der Waals surface area contributed by atoms with Gasteiger partial charge in [-0.05, 0) is 48.6 Å². The summed E-state index contributed by atoms with van der Waals surface area (Å²) in [5.41, 5.74) is 3.66. The van der Waals surface area contributed by atoms with Crippen LogP contribution in [-0.2, 0) is 16.0 Å².